The summed E-state index contributed by atoms with van der Waals surface area (Å²) in [5.41, 5.74) is 3.11. The second kappa shape index (κ2) is 11.7. The molecule has 2 aromatic rings. The monoisotopic (exact) mass is 459 g/mol. The van der Waals surface area contributed by atoms with E-state index < -0.39 is 23.9 Å². The summed E-state index contributed by atoms with van der Waals surface area (Å²) >= 11 is 0. The van der Waals surface area contributed by atoms with Gasteiger partial charge in [0.2, 0.25) is 5.78 Å². The zero-order chi connectivity index (χ0) is 24.5. The molecular weight excluding hydrogens is 430 g/mol. The number of benzene rings is 2. The van der Waals surface area contributed by atoms with Gasteiger partial charge in [-0.15, -0.1) is 0 Å². The van der Waals surface area contributed by atoms with Crippen LogP contribution in [-0.2, 0) is 14.4 Å². The Hall–Kier alpha value is -4.12. The Labute approximate surface area is 199 Å². The molecule has 2 aromatic carbocycles. The number of hydrogen-bond acceptors (Lipinski definition) is 6. The lowest BCUT2D eigenvalue weighted by Crippen LogP contribution is -2.54. The van der Waals surface area contributed by atoms with Gasteiger partial charge in [-0.2, -0.15) is 5.26 Å². The average Bonchev–Trinajstić information content (AvgIpc) is 2.83. The maximum atomic E-state index is 12.6. The molecule has 0 radical (unpaired) electrons. The van der Waals surface area contributed by atoms with Crippen molar-refractivity contribution in [1.29, 1.82) is 5.26 Å². The molecule has 0 aromatic heterocycles. The number of Topliss-reactive ketones (excluding diaryl/α,β-unsaturated/α-hetero) is 1. The maximum Gasteiger partial charge on any atom is 0.291 e. The van der Waals surface area contributed by atoms with E-state index in [-0.39, 0.29) is 12.0 Å². The van der Waals surface area contributed by atoms with Gasteiger partial charge in [-0.25, -0.2) is 0 Å². The molecule has 0 saturated carbocycles. The number of unbranched alkanes of at least 4 members (excludes halogenated alkanes) is 3. The third-order valence-corrected chi connectivity index (χ3v) is 5.44. The van der Waals surface area contributed by atoms with E-state index in [0.717, 1.165) is 30.5 Å². The molecule has 8 heteroatoms. The second-order valence-corrected chi connectivity index (χ2v) is 8.19. The summed E-state index contributed by atoms with van der Waals surface area (Å²) in [6, 6.07) is 16.3. The minimum absolute atomic E-state index is 0.0718. The predicted octanol–water partition coefficient (Wildman–Crippen LogP) is 3.82. The summed E-state index contributed by atoms with van der Waals surface area (Å²) in [6.45, 7) is 4.07. The van der Waals surface area contributed by atoms with Crippen LogP contribution in [0.4, 0.5) is 11.4 Å². The first-order chi connectivity index (χ1) is 16.4. The lowest BCUT2D eigenvalue weighted by Gasteiger charge is -2.29. The largest absolute Gasteiger partial charge is 0.348 e. The van der Waals surface area contributed by atoms with Crippen LogP contribution in [-0.4, -0.2) is 23.9 Å². The lowest BCUT2D eigenvalue weighted by atomic mass is 10.0. The minimum atomic E-state index is -0.670. The van der Waals surface area contributed by atoms with Gasteiger partial charge in [0.05, 0.1) is 5.70 Å². The molecule has 3 rings (SSSR count). The van der Waals surface area contributed by atoms with Crippen LogP contribution >= 0.6 is 0 Å². The van der Waals surface area contributed by atoms with E-state index >= 15 is 0 Å². The molecule has 0 bridgehead atoms. The topological polar surface area (TPSA) is 123 Å². The van der Waals surface area contributed by atoms with Crippen LogP contribution in [0.25, 0.3) is 5.70 Å². The van der Waals surface area contributed by atoms with E-state index in [4.69, 9.17) is 0 Å². The van der Waals surface area contributed by atoms with Gasteiger partial charge in [-0.05, 0) is 37.6 Å². The Kier molecular flexibility index (Phi) is 8.41. The van der Waals surface area contributed by atoms with Crippen LogP contribution in [0, 0.1) is 18.3 Å². The van der Waals surface area contributed by atoms with E-state index in [1.165, 1.54) is 0 Å². The molecule has 2 amide bonds. The quantitative estimate of drug-likeness (QED) is 0.316. The Balaban J connectivity index is 1.74. The first-order valence-corrected chi connectivity index (χ1v) is 11.4. The number of rotatable bonds is 10. The molecule has 8 nitrogen and oxygen atoms in total. The number of nitriles is 1. The molecule has 1 aliphatic heterocycles. The minimum Gasteiger partial charge on any atom is -0.348 e. The number of hydrogen-bond donors (Lipinski definition) is 4. The van der Waals surface area contributed by atoms with Crippen LogP contribution in [0.3, 0.4) is 0 Å². The number of anilines is 2. The fraction of sp³-hybridized carbons (Fsp3) is 0.308. The van der Waals surface area contributed by atoms with Crippen molar-refractivity contribution in [2.24, 2.45) is 0 Å². The Morgan fingerprint density at radius 2 is 1.79 bits per heavy atom. The van der Waals surface area contributed by atoms with Crippen LogP contribution < -0.4 is 21.3 Å². The van der Waals surface area contributed by atoms with Gasteiger partial charge in [-0.3, -0.25) is 14.4 Å². The highest BCUT2D eigenvalue weighted by atomic mass is 16.2. The smallest absolute Gasteiger partial charge is 0.291 e. The molecule has 0 fully saturated rings. The highest BCUT2D eigenvalue weighted by molar-refractivity contribution is 6.40. The molecular formula is C26H29N5O3. The van der Waals surface area contributed by atoms with Gasteiger partial charge in [0.15, 0.2) is 6.29 Å². The van der Waals surface area contributed by atoms with Gasteiger partial charge in [0.25, 0.3) is 11.8 Å². The molecule has 176 valence electrons. The molecule has 0 aliphatic carbocycles. The third-order valence-electron chi connectivity index (χ3n) is 5.44. The predicted molar refractivity (Wildman–Crippen MR) is 131 cm³/mol. The van der Waals surface area contributed by atoms with Gasteiger partial charge in [0.1, 0.15) is 11.6 Å². The molecule has 1 aliphatic rings. The summed E-state index contributed by atoms with van der Waals surface area (Å²) in [6.07, 6.45) is 3.26. The molecule has 34 heavy (non-hydrogen) atoms. The van der Waals surface area contributed by atoms with Crippen molar-refractivity contribution in [2.75, 3.05) is 10.6 Å². The number of amides is 2. The molecule has 1 atom stereocenters. The van der Waals surface area contributed by atoms with Gasteiger partial charge in [0, 0.05) is 23.4 Å². The van der Waals surface area contributed by atoms with Crippen LogP contribution in [0.5, 0.6) is 0 Å². The molecule has 1 unspecified atom stereocenters. The summed E-state index contributed by atoms with van der Waals surface area (Å²) in [5.74, 6) is -1.65. The first-order valence-electron chi connectivity index (χ1n) is 11.4. The summed E-state index contributed by atoms with van der Waals surface area (Å²) in [4.78, 5) is 37.0. The normalized spacial score (nSPS) is 15.1. The zero-order valence-electron chi connectivity index (χ0n) is 19.4. The van der Waals surface area contributed by atoms with Crippen molar-refractivity contribution in [3.63, 3.8) is 0 Å². The molecule has 0 spiro atoms. The fourth-order valence-corrected chi connectivity index (χ4v) is 3.57. The number of ketones is 1. The Morgan fingerprint density at radius 1 is 1.03 bits per heavy atom. The summed E-state index contributed by atoms with van der Waals surface area (Å²) in [5, 5.41) is 21.2. The number of nitrogens with one attached hydrogen (secondary N) is 4. The van der Waals surface area contributed by atoms with Crippen LogP contribution in [0.15, 0.2) is 54.1 Å². The van der Waals surface area contributed by atoms with Crippen molar-refractivity contribution >= 4 is 34.7 Å². The lowest BCUT2D eigenvalue weighted by molar-refractivity contribution is -0.134. The molecule has 1 heterocycles. The summed E-state index contributed by atoms with van der Waals surface area (Å²) < 4.78 is 0. The molecule has 0 saturated heterocycles. The van der Waals surface area contributed by atoms with Gasteiger partial charge in [-0.1, -0.05) is 56.0 Å². The average molecular weight is 460 g/mol. The highest BCUT2D eigenvalue weighted by Crippen LogP contribution is 2.23. The van der Waals surface area contributed by atoms with Crippen molar-refractivity contribution < 1.29 is 14.4 Å². The van der Waals surface area contributed by atoms with Gasteiger partial charge >= 0.3 is 0 Å². The number of carbonyl (C=O) groups is 3. The molecule has 4 N–H and O–H groups in total. The maximum absolute atomic E-state index is 12.6. The van der Waals surface area contributed by atoms with Crippen molar-refractivity contribution in [2.45, 2.75) is 52.2 Å². The van der Waals surface area contributed by atoms with E-state index in [1.807, 2.05) is 37.3 Å². The van der Waals surface area contributed by atoms with Crippen molar-refractivity contribution in [3.05, 3.63) is 65.2 Å². The van der Waals surface area contributed by atoms with Crippen molar-refractivity contribution in [1.82, 2.24) is 10.6 Å². The zero-order valence-corrected chi connectivity index (χ0v) is 19.4. The van der Waals surface area contributed by atoms with Crippen LogP contribution in [0.1, 0.15) is 50.2 Å². The van der Waals surface area contributed by atoms with E-state index in [0.29, 0.717) is 23.4 Å². The Morgan fingerprint density at radius 3 is 2.50 bits per heavy atom. The van der Waals surface area contributed by atoms with Crippen LogP contribution in [0.2, 0.25) is 0 Å². The first kappa shape index (κ1) is 24.5. The second-order valence-electron chi connectivity index (χ2n) is 8.19. The Bertz CT molecular complexity index is 1130. The van der Waals surface area contributed by atoms with Crippen molar-refractivity contribution in [3.8, 4) is 6.07 Å². The standard InChI is InChI=1S/C26H29N5O3/c1-3-4-5-6-10-22(32)25(34)28-20-9-7-8-18(15-20)23-21(16-27)24(33)31-26(30-23)29-19-13-11-17(2)12-14-19/h7-9,11-15,26,29-30H,3-6,10H2,1-2H3,(H,28,34)(H,31,33). The third kappa shape index (κ3) is 6.45. The van der Waals surface area contributed by atoms with E-state index in [1.54, 1.807) is 24.3 Å². The number of carbonyl (C=O) groups excluding carboxylic acids is 3. The summed E-state index contributed by atoms with van der Waals surface area (Å²) in [7, 11) is 0. The number of nitrogens with zero attached hydrogens (tertiary/aromatic N) is 1. The van der Waals surface area contributed by atoms with E-state index in [2.05, 4.69) is 28.2 Å². The highest BCUT2D eigenvalue weighted by Gasteiger charge is 2.27. The van der Waals surface area contributed by atoms with Gasteiger partial charge < -0.3 is 21.3 Å². The number of aryl methyl sites for hydroxylation is 1. The SMILES string of the molecule is CCCCCCC(=O)C(=O)Nc1cccc(C2=C(C#N)C(=O)NC(Nc3ccc(C)cc3)N2)c1. The van der Waals surface area contributed by atoms with E-state index in [9.17, 15) is 19.6 Å². The fourth-order valence-electron chi connectivity index (χ4n) is 3.57.